The molecule has 0 amide bonds. The number of hydrogen-bond donors (Lipinski definition) is 1. The molecule has 1 atom stereocenters. The third kappa shape index (κ3) is 3.82. The number of rotatable bonds is 3. The van der Waals surface area contributed by atoms with Crippen molar-refractivity contribution in [3.05, 3.63) is 67.6 Å². The Morgan fingerprint density at radius 3 is 2.21 bits per heavy atom. The Hall–Kier alpha value is -0.350. The largest absolute Gasteiger partial charge is 0.385 e. The Bertz CT molecular complexity index is 579. The SMILES string of the molecule is CC(O)(Cc1ccc(Br)cc1)c1ccc(Br)cc1Cl. The van der Waals surface area contributed by atoms with E-state index >= 15 is 0 Å². The summed E-state index contributed by atoms with van der Waals surface area (Å²) in [6.45, 7) is 1.78. The molecule has 0 aliphatic rings. The van der Waals surface area contributed by atoms with Crippen LogP contribution in [-0.2, 0) is 12.0 Å². The first kappa shape index (κ1) is 15.0. The zero-order valence-electron chi connectivity index (χ0n) is 10.3. The lowest BCUT2D eigenvalue weighted by Gasteiger charge is -2.25. The molecule has 0 aliphatic heterocycles. The molecule has 0 radical (unpaired) electrons. The van der Waals surface area contributed by atoms with E-state index in [0.717, 1.165) is 20.1 Å². The van der Waals surface area contributed by atoms with Gasteiger partial charge in [-0.05, 0) is 36.8 Å². The Balaban J connectivity index is 2.29. The summed E-state index contributed by atoms with van der Waals surface area (Å²) in [6, 6.07) is 13.5. The van der Waals surface area contributed by atoms with E-state index in [1.807, 2.05) is 36.4 Å². The lowest BCUT2D eigenvalue weighted by molar-refractivity contribution is 0.0577. The molecule has 100 valence electrons. The molecule has 1 nitrogen and oxygen atoms in total. The maximum atomic E-state index is 10.7. The van der Waals surface area contributed by atoms with Crippen molar-refractivity contribution in [3.63, 3.8) is 0 Å². The van der Waals surface area contributed by atoms with Gasteiger partial charge in [0.15, 0.2) is 0 Å². The lowest BCUT2D eigenvalue weighted by Crippen LogP contribution is -2.24. The summed E-state index contributed by atoms with van der Waals surface area (Å²) in [6.07, 6.45) is 0.516. The molecule has 19 heavy (non-hydrogen) atoms. The van der Waals surface area contributed by atoms with E-state index in [2.05, 4.69) is 31.9 Å². The van der Waals surface area contributed by atoms with Gasteiger partial charge in [0.25, 0.3) is 0 Å². The van der Waals surface area contributed by atoms with Crippen LogP contribution in [0.3, 0.4) is 0 Å². The van der Waals surface area contributed by atoms with Crippen LogP contribution < -0.4 is 0 Å². The summed E-state index contributed by atoms with van der Waals surface area (Å²) >= 11 is 13.0. The van der Waals surface area contributed by atoms with Crippen molar-refractivity contribution in [3.8, 4) is 0 Å². The Morgan fingerprint density at radius 1 is 1.05 bits per heavy atom. The van der Waals surface area contributed by atoms with Gasteiger partial charge in [-0.15, -0.1) is 0 Å². The van der Waals surface area contributed by atoms with Gasteiger partial charge in [0.05, 0.1) is 5.60 Å². The molecule has 0 fully saturated rings. The van der Waals surface area contributed by atoms with E-state index in [0.29, 0.717) is 11.4 Å². The van der Waals surface area contributed by atoms with Crippen molar-refractivity contribution in [2.45, 2.75) is 18.9 Å². The van der Waals surface area contributed by atoms with Crippen molar-refractivity contribution in [1.29, 1.82) is 0 Å². The van der Waals surface area contributed by atoms with Crippen molar-refractivity contribution in [2.75, 3.05) is 0 Å². The molecular weight excluding hydrogens is 391 g/mol. The number of aliphatic hydroxyl groups is 1. The average Bonchev–Trinajstić information content (AvgIpc) is 2.31. The smallest absolute Gasteiger partial charge is 0.0923 e. The highest BCUT2D eigenvalue weighted by Crippen LogP contribution is 2.33. The van der Waals surface area contributed by atoms with Crippen molar-refractivity contribution in [1.82, 2.24) is 0 Å². The minimum Gasteiger partial charge on any atom is -0.385 e. The average molecular weight is 405 g/mol. The van der Waals surface area contributed by atoms with Gasteiger partial charge < -0.3 is 5.11 Å². The molecule has 0 bridgehead atoms. The normalized spacial score (nSPS) is 14.2. The van der Waals surface area contributed by atoms with Gasteiger partial charge in [-0.3, -0.25) is 0 Å². The van der Waals surface area contributed by atoms with Crippen LogP contribution in [0.2, 0.25) is 5.02 Å². The van der Waals surface area contributed by atoms with E-state index < -0.39 is 5.60 Å². The van der Waals surface area contributed by atoms with Crippen LogP contribution in [0.25, 0.3) is 0 Å². The summed E-state index contributed by atoms with van der Waals surface area (Å²) in [5, 5.41) is 11.2. The predicted octanol–water partition coefficient (Wildman–Crippen LogP) is 5.32. The second kappa shape index (κ2) is 5.96. The molecule has 0 aromatic heterocycles. The molecule has 0 aliphatic carbocycles. The molecular formula is C15H13Br2ClO. The monoisotopic (exact) mass is 402 g/mol. The molecule has 0 heterocycles. The topological polar surface area (TPSA) is 20.2 Å². The predicted molar refractivity (Wildman–Crippen MR) is 86.6 cm³/mol. The van der Waals surface area contributed by atoms with Gasteiger partial charge in [-0.2, -0.15) is 0 Å². The maximum Gasteiger partial charge on any atom is 0.0923 e. The van der Waals surface area contributed by atoms with Crippen molar-refractivity contribution in [2.24, 2.45) is 0 Å². The molecule has 0 saturated heterocycles. The number of halogens is 3. The summed E-state index contributed by atoms with van der Waals surface area (Å²) in [5.41, 5.74) is 0.804. The first-order valence-electron chi connectivity index (χ1n) is 5.81. The van der Waals surface area contributed by atoms with Crippen LogP contribution in [0.15, 0.2) is 51.4 Å². The van der Waals surface area contributed by atoms with E-state index in [-0.39, 0.29) is 0 Å². The van der Waals surface area contributed by atoms with Crippen LogP contribution in [0.4, 0.5) is 0 Å². The first-order valence-corrected chi connectivity index (χ1v) is 7.77. The van der Waals surface area contributed by atoms with Crippen LogP contribution in [0.5, 0.6) is 0 Å². The summed E-state index contributed by atoms with van der Waals surface area (Å²) < 4.78 is 1.93. The van der Waals surface area contributed by atoms with Crippen molar-refractivity contribution >= 4 is 43.5 Å². The van der Waals surface area contributed by atoms with Crippen LogP contribution in [0.1, 0.15) is 18.1 Å². The first-order chi connectivity index (χ1) is 8.88. The quantitative estimate of drug-likeness (QED) is 0.735. The maximum absolute atomic E-state index is 10.7. The fraction of sp³-hybridized carbons (Fsp3) is 0.200. The zero-order valence-corrected chi connectivity index (χ0v) is 14.3. The van der Waals surface area contributed by atoms with Gasteiger partial charge in [0.2, 0.25) is 0 Å². The van der Waals surface area contributed by atoms with Gasteiger partial charge in [0, 0.05) is 26.0 Å². The standard InChI is InChI=1S/C15H13Br2ClO/c1-15(19,9-10-2-4-11(16)5-3-10)13-7-6-12(17)8-14(13)18/h2-8,19H,9H2,1H3. The third-order valence-electron chi connectivity index (χ3n) is 2.97. The fourth-order valence-electron chi connectivity index (χ4n) is 2.02. The van der Waals surface area contributed by atoms with E-state index in [1.165, 1.54) is 0 Å². The minimum atomic E-state index is -0.994. The molecule has 2 aromatic rings. The second-order valence-electron chi connectivity index (χ2n) is 4.70. The van der Waals surface area contributed by atoms with Gasteiger partial charge in [-0.1, -0.05) is 61.7 Å². The lowest BCUT2D eigenvalue weighted by atomic mass is 9.89. The van der Waals surface area contributed by atoms with Crippen molar-refractivity contribution < 1.29 is 5.11 Å². The van der Waals surface area contributed by atoms with Gasteiger partial charge in [0.1, 0.15) is 0 Å². The summed E-state index contributed by atoms with van der Waals surface area (Å²) in [5.74, 6) is 0. The van der Waals surface area contributed by atoms with Crippen LogP contribution in [0, 0.1) is 0 Å². The highest BCUT2D eigenvalue weighted by Gasteiger charge is 2.26. The number of benzene rings is 2. The molecule has 1 N–H and O–H groups in total. The Kier molecular flexibility index (Phi) is 4.72. The van der Waals surface area contributed by atoms with E-state index in [4.69, 9.17) is 11.6 Å². The minimum absolute atomic E-state index is 0.516. The highest BCUT2D eigenvalue weighted by molar-refractivity contribution is 9.10. The molecule has 1 unspecified atom stereocenters. The summed E-state index contributed by atoms with van der Waals surface area (Å²) in [7, 11) is 0. The Labute approximate surface area is 134 Å². The van der Waals surface area contributed by atoms with Crippen LogP contribution in [-0.4, -0.2) is 5.11 Å². The van der Waals surface area contributed by atoms with Gasteiger partial charge >= 0.3 is 0 Å². The molecule has 0 saturated carbocycles. The summed E-state index contributed by atoms with van der Waals surface area (Å²) in [4.78, 5) is 0. The Morgan fingerprint density at radius 2 is 1.63 bits per heavy atom. The van der Waals surface area contributed by atoms with E-state index in [1.54, 1.807) is 13.0 Å². The van der Waals surface area contributed by atoms with Gasteiger partial charge in [-0.25, -0.2) is 0 Å². The third-order valence-corrected chi connectivity index (χ3v) is 4.31. The number of hydrogen-bond acceptors (Lipinski definition) is 1. The van der Waals surface area contributed by atoms with E-state index in [9.17, 15) is 5.11 Å². The zero-order chi connectivity index (χ0) is 14.0. The molecule has 2 aromatic carbocycles. The molecule has 0 spiro atoms. The molecule has 4 heteroatoms. The molecule has 2 rings (SSSR count). The van der Waals surface area contributed by atoms with Crippen LogP contribution >= 0.6 is 43.5 Å². The second-order valence-corrected chi connectivity index (χ2v) is 6.94. The fourth-order valence-corrected chi connectivity index (χ4v) is 3.16. The highest BCUT2D eigenvalue weighted by atomic mass is 79.9.